The molecular weight excluding hydrogens is 246 g/mol. The number of hydrogen-bond donors (Lipinski definition) is 1. The zero-order valence-corrected chi connectivity index (χ0v) is 11.0. The Kier molecular flexibility index (Phi) is 4.36. The Bertz CT molecular complexity index is 508. The highest BCUT2D eigenvalue weighted by molar-refractivity contribution is 7.07. The first-order valence-corrected chi connectivity index (χ1v) is 6.76. The maximum Gasteiger partial charge on any atom is 0.340 e. The van der Waals surface area contributed by atoms with E-state index < -0.39 is 0 Å². The molecule has 94 valence electrons. The van der Waals surface area contributed by atoms with E-state index in [1.807, 2.05) is 23.6 Å². The number of carbonyl (C=O) groups is 1. The molecule has 0 atom stereocenters. The highest BCUT2D eigenvalue weighted by atomic mass is 32.1. The summed E-state index contributed by atoms with van der Waals surface area (Å²) in [5.41, 5.74) is 2.59. The van der Waals surface area contributed by atoms with Crippen LogP contribution in [0.25, 0.3) is 0 Å². The van der Waals surface area contributed by atoms with Gasteiger partial charge in [-0.25, -0.2) is 4.79 Å². The summed E-state index contributed by atoms with van der Waals surface area (Å²) in [5.74, 6) is -0.286. The summed E-state index contributed by atoms with van der Waals surface area (Å²) in [6.45, 7) is 2.90. The van der Waals surface area contributed by atoms with Crippen LogP contribution in [0.3, 0.4) is 0 Å². The average molecular weight is 261 g/mol. The summed E-state index contributed by atoms with van der Waals surface area (Å²) in [4.78, 5) is 11.8. The Morgan fingerprint density at radius 1 is 1.33 bits per heavy atom. The monoisotopic (exact) mass is 261 g/mol. The minimum Gasteiger partial charge on any atom is -0.462 e. The van der Waals surface area contributed by atoms with Crippen LogP contribution in [-0.4, -0.2) is 12.6 Å². The molecule has 0 amide bonds. The van der Waals surface area contributed by atoms with Crippen molar-refractivity contribution in [3.05, 3.63) is 52.2 Å². The number of hydrogen-bond acceptors (Lipinski definition) is 4. The molecular formula is C14H15NO2S. The highest BCUT2D eigenvalue weighted by Crippen LogP contribution is 2.18. The van der Waals surface area contributed by atoms with Gasteiger partial charge >= 0.3 is 5.97 Å². The lowest BCUT2D eigenvalue weighted by Gasteiger charge is -2.10. The van der Waals surface area contributed by atoms with Gasteiger partial charge in [0, 0.05) is 12.2 Å². The van der Waals surface area contributed by atoms with Crippen molar-refractivity contribution in [3.8, 4) is 0 Å². The van der Waals surface area contributed by atoms with Gasteiger partial charge in [0.25, 0.3) is 0 Å². The molecule has 0 radical (unpaired) electrons. The Balaban J connectivity index is 2.09. The Morgan fingerprint density at radius 3 is 2.89 bits per heavy atom. The summed E-state index contributed by atoms with van der Waals surface area (Å²) in [5, 5.41) is 7.38. The second kappa shape index (κ2) is 6.21. The largest absolute Gasteiger partial charge is 0.462 e. The topological polar surface area (TPSA) is 38.3 Å². The first-order valence-electron chi connectivity index (χ1n) is 5.82. The smallest absolute Gasteiger partial charge is 0.340 e. The highest BCUT2D eigenvalue weighted by Gasteiger charge is 2.11. The van der Waals surface area contributed by atoms with Crippen molar-refractivity contribution < 1.29 is 9.53 Å². The van der Waals surface area contributed by atoms with Crippen LogP contribution in [0.2, 0.25) is 0 Å². The molecule has 0 spiro atoms. The summed E-state index contributed by atoms with van der Waals surface area (Å²) in [6.07, 6.45) is 0. The predicted molar refractivity (Wildman–Crippen MR) is 74.0 cm³/mol. The number of esters is 1. The van der Waals surface area contributed by atoms with E-state index in [0.29, 0.717) is 18.7 Å². The van der Waals surface area contributed by atoms with E-state index in [4.69, 9.17) is 4.74 Å². The molecule has 2 rings (SSSR count). The van der Waals surface area contributed by atoms with E-state index in [-0.39, 0.29) is 5.97 Å². The minimum absolute atomic E-state index is 0.286. The molecule has 1 heterocycles. The third-order valence-corrected chi connectivity index (χ3v) is 3.22. The number of anilines is 1. The summed E-state index contributed by atoms with van der Waals surface area (Å²) < 4.78 is 5.03. The summed E-state index contributed by atoms with van der Waals surface area (Å²) in [7, 11) is 0. The van der Waals surface area contributed by atoms with Crippen molar-refractivity contribution >= 4 is 23.0 Å². The van der Waals surface area contributed by atoms with E-state index >= 15 is 0 Å². The van der Waals surface area contributed by atoms with E-state index in [2.05, 4.69) is 16.8 Å². The summed E-state index contributed by atoms with van der Waals surface area (Å²) in [6, 6.07) is 9.46. The molecule has 1 N–H and O–H groups in total. The molecule has 1 aromatic carbocycles. The number of nitrogens with one attached hydrogen (secondary N) is 1. The SMILES string of the molecule is CCOC(=O)c1ccccc1NCc1ccsc1. The van der Waals surface area contributed by atoms with Gasteiger partial charge in [-0.3, -0.25) is 0 Å². The first kappa shape index (κ1) is 12.6. The molecule has 0 bridgehead atoms. The maximum atomic E-state index is 11.8. The van der Waals surface area contributed by atoms with E-state index in [1.54, 1.807) is 24.3 Å². The Morgan fingerprint density at radius 2 is 2.17 bits per heavy atom. The molecule has 0 aliphatic heterocycles. The zero-order valence-electron chi connectivity index (χ0n) is 10.2. The quantitative estimate of drug-likeness (QED) is 0.837. The van der Waals surface area contributed by atoms with Crippen molar-refractivity contribution in [2.24, 2.45) is 0 Å². The fourth-order valence-corrected chi connectivity index (χ4v) is 2.28. The molecule has 3 nitrogen and oxygen atoms in total. The molecule has 4 heteroatoms. The van der Waals surface area contributed by atoms with Gasteiger partial charge in [-0.1, -0.05) is 12.1 Å². The number of ether oxygens (including phenoxy) is 1. The fraction of sp³-hybridized carbons (Fsp3) is 0.214. The first-order chi connectivity index (χ1) is 8.81. The number of thiophene rings is 1. The zero-order chi connectivity index (χ0) is 12.8. The lowest BCUT2D eigenvalue weighted by atomic mass is 10.1. The Labute approximate surface area is 110 Å². The molecule has 0 fully saturated rings. The number of carbonyl (C=O) groups excluding carboxylic acids is 1. The second-order valence-electron chi connectivity index (χ2n) is 3.75. The number of para-hydroxylation sites is 1. The minimum atomic E-state index is -0.286. The van der Waals surface area contributed by atoms with Crippen LogP contribution in [0.5, 0.6) is 0 Å². The third kappa shape index (κ3) is 3.11. The van der Waals surface area contributed by atoms with Gasteiger partial charge in [-0.2, -0.15) is 11.3 Å². The van der Waals surface area contributed by atoms with Crippen LogP contribution in [0.1, 0.15) is 22.8 Å². The molecule has 18 heavy (non-hydrogen) atoms. The van der Waals surface area contributed by atoms with Crippen LogP contribution >= 0.6 is 11.3 Å². The van der Waals surface area contributed by atoms with Crippen LogP contribution in [0, 0.1) is 0 Å². The average Bonchev–Trinajstić information content (AvgIpc) is 2.90. The predicted octanol–water partition coefficient (Wildman–Crippen LogP) is 3.54. The van der Waals surface area contributed by atoms with Crippen molar-refractivity contribution in [2.45, 2.75) is 13.5 Å². The van der Waals surface area contributed by atoms with Gasteiger partial charge in [0.05, 0.1) is 12.2 Å². The number of benzene rings is 1. The molecule has 0 saturated carbocycles. The van der Waals surface area contributed by atoms with Gasteiger partial charge in [0.2, 0.25) is 0 Å². The van der Waals surface area contributed by atoms with Crippen LogP contribution in [0.4, 0.5) is 5.69 Å². The molecule has 0 aliphatic rings. The number of rotatable bonds is 5. The van der Waals surface area contributed by atoms with E-state index in [0.717, 1.165) is 5.69 Å². The fourth-order valence-electron chi connectivity index (χ4n) is 1.61. The van der Waals surface area contributed by atoms with E-state index in [1.165, 1.54) is 5.56 Å². The normalized spacial score (nSPS) is 10.1. The van der Waals surface area contributed by atoms with Crippen LogP contribution in [-0.2, 0) is 11.3 Å². The molecule has 2 aromatic rings. The Hall–Kier alpha value is -1.81. The van der Waals surface area contributed by atoms with Crippen LogP contribution < -0.4 is 5.32 Å². The molecule has 0 unspecified atom stereocenters. The van der Waals surface area contributed by atoms with Crippen LogP contribution in [0.15, 0.2) is 41.1 Å². The molecule has 1 aromatic heterocycles. The summed E-state index contributed by atoms with van der Waals surface area (Å²) >= 11 is 1.66. The maximum absolute atomic E-state index is 11.8. The van der Waals surface area contributed by atoms with Crippen molar-refractivity contribution in [1.29, 1.82) is 0 Å². The second-order valence-corrected chi connectivity index (χ2v) is 4.53. The van der Waals surface area contributed by atoms with E-state index in [9.17, 15) is 4.79 Å². The van der Waals surface area contributed by atoms with Gasteiger partial charge in [0.15, 0.2) is 0 Å². The third-order valence-electron chi connectivity index (χ3n) is 2.49. The lowest BCUT2D eigenvalue weighted by Crippen LogP contribution is -2.09. The van der Waals surface area contributed by atoms with Crippen molar-refractivity contribution in [1.82, 2.24) is 0 Å². The van der Waals surface area contributed by atoms with Crippen molar-refractivity contribution in [3.63, 3.8) is 0 Å². The van der Waals surface area contributed by atoms with Gasteiger partial charge in [-0.05, 0) is 41.4 Å². The lowest BCUT2D eigenvalue weighted by molar-refractivity contribution is 0.0527. The van der Waals surface area contributed by atoms with Gasteiger partial charge in [0.1, 0.15) is 0 Å². The molecule has 0 aliphatic carbocycles. The van der Waals surface area contributed by atoms with Gasteiger partial charge in [-0.15, -0.1) is 0 Å². The molecule has 0 saturated heterocycles. The van der Waals surface area contributed by atoms with Gasteiger partial charge < -0.3 is 10.1 Å². The van der Waals surface area contributed by atoms with Crippen molar-refractivity contribution in [2.75, 3.05) is 11.9 Å². The standard InChI is InChI=1S/C14H15NO2S/c1-2-17-14(16)12-5-3-4-6-13(12)15-9-11-7-8-18-10-11/h3-8,10,15H,2,9H2,1H3.